The van der Waals surface area contributed by atoms with Crippen LogP contribution in [0.25, 0.3) is 0 Å². The molecule has 3 nitrogen and oxygen atoms in total. The van der Waals surface area contributed by atoms with Gasteiger partial charge in [0.1, 0.15) is 0 Å². The third-order valence-corrected chi connectivity index (χ3v) is 3.71. The van der Waals surface area contributed by atoms with Crippen LogP contribution in [-0.2, 0) is 0 Å². The first kappa shape index (κ1) is 10.5. The van der Waals surface area contributed by atoms with Gasteiger partial charge in [0.2, 0.25) is 0 Å². The van der Waals surface area contributed by atoms with E-state index in [0.717, 1.165) is 23.0 Å². The molecule has 0 amide bonds. The second-order valence-electron chi connectivity index (χ2n) is 4.94. The molecule has 84 valence electrons. The molecule has 15 heavy (non-hydrogen) atoms. The van der Waals surface area contributed by atoms with Gasteiger partial charge in [0.25, 0.3) is 0 Å². The topological polar surface area (TPSA) is 43.8 Å². The Kier molecular flexibility index (Phi) is 2.72. The van der Waals surface area contributed by atoms with Crippen LogP contribution in [-0.4, -0.2) is 9.78 Å². The molecular weight excluding hydrogens is 186 g/mol. The highest BCUT2D eigenvalue weighted by Crippen LogP contribution is 2.33. The third kappa shape index (κ3) is 1.87. The zero-order valence-electron chi connectivity index (χ0n) is 9.95. The predicted molar refractivity (Wildman–Crippen MR) is 62.8 cm³/mol. The average Bonchev–Trinajstić information content (AvgIpc) is 2.47. The first-order valence-electron chi connectivity index (χ1n) is 5.90. The molecule has 0 atom stereocenters. The summed E-state index contributed by atoms with van der Waals surface area (Å²) in [5.74, 6) is 0.885. The van der Waals surface area contributed by atoms with E-state index in [-0.39, 0.29) is 0 Å². The summed E-state index contributed by atoms with van der Waals surface area (Å²) in [4.78, 5) is 0. The maximum Gasteiger partial charge on any atom is 0.0826 e. The molecule has 0 radical (unpaired) electrons. The fourth-order valence-corrected chi connectivity index (χ4v) is 2.52. The highest BCUT2D eigenvalue weighted by molar-refractivity contribution is 5.47. The van der Waals surface area contributed by atoms with Crippen molar-refractivity contribution in [3.05, 3.63) is 11.4 Å². The van der Waals surface area contributed by atoms with E-state index in [9.17, 15) is 0 Å². The maximum atomic E-state index is 5.95. The normalized spacial score (nSPS) is 26.9. The lowest BCUT2D eigenvalue weighted by atomic mass is 9.87. The van der Waals surface area contributed by atoms with Crippen LogP contribution in [0.5, 0.6) is 0 Å². The molecular formula is C12H21N3. The molecule has 3 heteroatoms. The van der Waals surface area contributed by atoms with Crippen molar-refractivity contribution < 1.29 is 0 Å². The summed E-state index contributed by atoms with van der Waals surface area (Å²) >= 11 is 0. The van der Waals surface area contributed by atoms with E-state index in [1.54, 1.807) is 0 Å². The largest absolute Gasteiger partial charge is 0.396 e. The van der Waals surface area contributed by atoms with Gasteiger partial charge in [0.15, 0.2) is 0 Å². The minimum atomic E-state index is 0.581. The van der Waals surface area contributed by atoms with Crippen molar-refractivity contribution in [2.45, 2.75) is 52.5 Å². The lowest BCUT2D eigenvalue weighted by molar-refractivity contribution is 0.270. The molecule has 1 aromatic rings. The molecule has 0 aromatic carbocycles. The SMILES string of the molecule is Cc1nn(C2CCC(C)CC2)c(C)c1N. The van der Waals surface area contributed by atoms with E-state index in [2.05, 4.69) is 23.6 Å². The van der Waals surface area contributed by atoms with Crippen molar-refractivity contribution >= 4 is 5.69 Å². The fraction of sp³-hybridized carbons (Fsp3) is 0.750. The van der Waals surface area contributed by atoms with Gasteiger partial charge in [0.05, 0.1) is 23.1 Å². The highest BCUT2D eigenvalue weighted by Gasteiger charge is 2.22. The summed E-state index contributed by atoms with van der Waals surface area (Å²) in [6.45, 7) is 6.41. The van der Waals surface area contributed by atoms with Crippen LogP contribution in [0.15, 0.2) is 0 Å². The first-order valence-corrected chi connectivity index (χ1v) is 5.90. The van der Waals surface area contributed by atoms with Crippen molar-refractivity contribution in [1.29, 1.82) is 0 Å². The van der Waals surface area contributed by atoms with Crippen LogP contribution in [0, 0.1) is 19.8 Å². The van der Waals surface area contributed by atoms with Gasteiger partial charge in [-0.1, -0.05) is 6.92 Å². The van der Waals surface area contributed by atoms with Gasteiger partial charge in [-0.3, -0.25) is 4.68 Å². The Hall–Kier alpha value is -0.990. The number of nitrogens with zero attached hydrogens (tertiary/aromatic N) is 2. The Morgan fingerprint density at radius 2 is 1.80 bits per heavy atom. The van der Waals surface area contributed by atoms with E-state index in [1.165, 1.54) is 25.7 Å². The number of hydrogen-bond acceptors (Lipinski definition) is 2. The van der Waals surface area contributed by atoms with Gasteiger partial charge < -0.3 is 5.73 Å². The number of anilines is 1. The Labute approximate surface area is 91.7 Å². The molecule has 2 rings (SSSR count). The summed E-state index contributed by atoms with van der Waals surface area (Å²) in [7, 11) is 0. The van der Waals surface area contributed by atoms with E-state index >= 15 is 0 Å². The number of rotatable bonds is 1. The molecule has 0 unspecified atom stereocenters. The van der Waals surface area contributed by atoms with Crippen molar-refractivity contribution in [3.8, 4) is 0 Å². The minimum absolute atomic E-state index is 0.581. The summed E-state index contributed by atoms with van der Waals surface area (Å²) < 4.78 is 2.15. The van der Waals surface area contributed by atoms with Crippen LogP contribution < -0.4 is 5.73 Å². The number of hydrogen-bond donors (Lipinski definition) is 1. The molecule has 0 aliphatic heterocycles. The first-order chi connectivity index (χ1) is 7.09. The summed E-state index contributed by atoms with van der Waals surface area (Å²) in [5, 5.41) is 4.55. The molecule has 1 heterocycles. The van der Waals surface area contributed by atoms with Gasteiger partial charge >= 0.3 is 0 Å². The monoisotopic (exact) mass is 207 g/mol. The molecule has 1 aromatic heterocycles. The van der Waals surface area contributed by atoms with Gasteiger partial charge in [0, 0.05) is 0 Å². The number of aromatic nitrogens is 2. The Morgan fingerprint density at radius 1 is 1.20 bits per heavy atom. The van der Waals surface area contributed by atoms with Crippen molar-refractivity contribution in [1.82, 2.24) is 9.78 Å². The van der Waals surface area contributed by atoms with Gasteiger partial charge in [-0.2, -0.15) is 5.10 Å². The van der Waals surface area contributed by atoms with E-state index in [1.807, 2.05) is 6.92 Å². The predicted octanol–water partition coefficient (Wildman–Crippen LogP) is 2.83. The summed E-state index contributed by atoms with van der Waals surface area (Å²) in [5.41, 5.74) is 8.95. The number of aryl methyl sites for hydroxylation is 1. The molecule has 2 N–H and O–H groups in total. The van der Waals surface area contributed by atoms with Gasteiger partial charge in [-0.05, 0) is 45.4 Å². The fourth-order valence-electron chi connectivity index (χ4n) is 2.52. The number of nitrogen functional groups attached to an aromatic ring is 1. The molecule has 0 spiro atoms. The van der Waals surface area contributed by atoms with Crippen LogP contribution in [0.1, 0.15) is 50.0 Å². The quantitative estimate of drug-likeness (QED) is 0.769. The van der Waals surface area contributed by atoms with E-state index in [0.29, 0.717) is 6.04 Å². The smallest absolute Gasteiger partial charge is 0.0826 e. The number of nitrogens with two attached hydrogens (primary N) is 1. The lowest BCUT2D eigenvalue weighted by Gasteiger charge is -2.27. The van der Waals surface area contributed by atoms with Gasteiger partial charge in [-0.25, -0.2) is 0 Å². The van der Waals surface area contributed by atoms with Gasteiger partial charge in [-0.15, -0.1) is 0 Å². The molecule has 0 bridgehead atoms. The van der Waals surface area contributed by atoms with Crippen LogP contribution >= 0.6 is 0 Å². The molecule has 1 aliphatic carbocycles. The van der Waals surface area contributed by atoms with Crippen LogP contribution in [0.3, 0.4) is 0 Å². The second kappa shape index (κ2) is 3.87. The molecule has 1 saturated carbocycles. The van der Waals surface area contributed by atoms with Crippen LogP contribution in [0.2, 0.25) is 0 Å². The van der Waals surface area contributed by atoms with Crippen molar-refractivity contribution in [2.75, 3.05) is 5.73 Å². The van der Waals surface area contributed by atoms with E-state index < -0.39 is 0 Å². The molecule has 0 saturated heterocycles. The standard InChI is InChI=1S/C12H21N3/c1-8-4-6-11(7-5-8)15-10(3)12(13)9(2)14-15/h8,11H,4-7,13H2,1-3H3. The Balaban J connectivity index is 2.19. The third-order valence-electron chi connectivity index (χ3n) is 3.71. The Morgan fingerprint density at radius 3 is 2.27 bits per heavy atom. The van der Waals surface area contributed by atoms with Crippen LogP contribution in [0.4, 0.5) is 5.69 Å². The Bertz CT molecular complexity index is 346. The van der Waals surface area contributed by atoms with Crippen molar-refractivity contribution in [2.24, 2.45) is 5.92 Å². The second-order valence-corrected chi connectivity index (χ2v) is 4.94. The lowest BCUT2D eigenvalue weighted by Crippen LogP contribution is -2.18. The molecule has 1 aliphatic rings. The average molecular weight is 207 g/mol. The summed E-state index contributed by atoms with van der Waals surface area (Å²) in [6.07, 6.45) is 5.15. The van der Waals surface area contributed by atoms with Crippen molar-refractivity contribution in [3.63, 3.8) is 0 Å². The highest BCUT2D eigenvalue weighted by atomic mass is 15.3. The zero-order chi connectivity index (χ0) is 11.0. The molecule has 1 fully saturated rings. The summed E-state index contributed by atoms with van der Waals surface area (Å²) in [6, 6.07) is 0.581. The maximum absolute atomic E-state index is 5.95. The zero-order valence-corrected chi connectivity index (χ0v) is 9.95. The minimum Gasteiger partial charge on any atom is -0.396 e. The van der Waals surface area contributed by atoms with E-state index in [4.69, 9.17) is 5.73 Å².